The summed E-state index contributed by atoms with van der Waals surface area (Å²) in [6.45, 7) is 11.2. The highest BCUT2D eigenvalue weighted by molar-refractivity contribution is 7.15. The lowest BCUT2D eigenvalue weighted by Crippen LogP contribution is -2.29. The Morgan fingerprint density at radius 2 is 2.00 bits per heavy atom. The van der Waals surface area contributed by atoms with E-state index >= 15 is 0 Å². The number of hydrogen-bond donors (Lipinski definition) is 1. The molecule has 1 aliphatic rings. The lowest BCUT2D eigenvalue weighted by Gasteiger charge is -2.25. The zero-order valence-electron chi connectivity index (χ0n) is 12.5. The van der Waals surface area contributed by atoms with Gasteiger partial charge in [-0.15, -0.1) is 11.3 Å². The van der Waals surface area contributed by atoms with Gasteiger partial charge in [-0.25, -0.2) is 4.98 Å². The largest absolute Gasteiger partial charge is 0.348 e. The van der Waals surface area contributed by atoms with Crippen LogP contribution in [0.4, 0.5) is 5.13 Å². The third-order valence-electron chi connectivity index (χ3n) is 3.57. The highest BCUT2D eigenvalue weighted by atomic mass is 32.1. The predicted molar refractivity (Wildman–Crippen MR) is 84.1 cm³/mol. The van der Waals surface area contributed by atoms with Crippen LogP contribution in [0, 0.1) is 5.92 Å². The van der Waals surface area contributed by atoms with Gasteiger partial charge in [0.25, 0.3) is 0 Å². The summed E-state index contributed by atoms with van der Waals surface area (Å²) in [6.07, 6.45) is 5.07. The molecule has 0 atom stereocenters. The average molecular weight is 281 g/mol. The number of piperidine rings is 1. The third-order valence-corrected chi connectivity index (χ3v) is 4.72. The quantitative estimate of drug-likeness (QED) is 0.866. The van der Waals surface area contributed by atoms with E-state index in [-0.39, 0.29) is 0 Å². The maximum absolute atomic E-state index is 4.85. The fraction of sp³-hybridized carbons (Fsp3) is 0.800. The van der Waals surface area contributed by atoms with E-state index in [0.717, 1.165) is 19.5 Å². The SMILES string of the molecule is CCc1nc(N2CCCCC2)sc1CNCC(C)C. The smallest absolute Gasteiger partial charge is 0.185 e. The summed E-state index contributed by atoms with van der Waals surface area (Å²) < 4.78 is 0. The Morgan fingerprint density at radius 3 is 2.63 bits per heavy atom. The Morgan fingerprint density at radius 1 is 1.26 bits per heavy atom. The van der Waals surface area contributed by atoms with E-state index in [2.05, 4.69) is 31.0 Å². The normalized spacial score (nSPS) is 16.3. The molecule has 0 radical (unpaired) electrons. The molecule has 2 heterocycles. The molecule has 1 aliphatic heterocycles. The van der Waals surface area contributed by atoms with Crippen molar-refractivity contribution in [3.05, 3.63) is 10.6 Å². The maximum atomic E-state index is 4.85. The van der Waals surface area contributed by atoms with Crippen LogP contribution in [-0.4, -0.2) is 24.6 Å². The van der Waals surface area contributed by atoms with Crippen molar-refractivity contribution in [2.24, 2.45) is 5.92 Å². The van der Waals surface area contributed by atoms with E-state index in [0.29, 0.717) is 5.92 Å². The molecule has 3 nitrogen and oxygen atoms in total. The summed E-state index contributed by atoms with van der Waals surface area (Å²) in [5, 5.41) is 4.79. The molecule has 0 unspecified atom stereocenters. The highest BCUT2D eigenvalue weighted by Crippen LogP contribution is 2.28. The van der Waals surface area contributed by atoms with Crippen LogP contribution in [0.25, 0.3) is 0 Å². The second-order valence-electron chi connectivity index (χ2n) is 5.79. The molecule has 0 aromatic carbocycles. The second-order valence-corrected chi connectivity index (χ2v) is 6.85. The van der Waals surface area contributed by atoms with Gasteiger partial charge in [-0.3, -0.25) is 0 Å². The van der Waals surface area contributed by atoms with Crippen molar-refractivity contribution >= 4 is 16.5 Å². The molecule has 0 amide bonds. The van der Waals surface area contributed by atoms with Gasteiger partial charge < -0.3 is 10.2 Å². The van der Waals surface area contributed by atoms with Crippen molar-refractivity contribution in [2.45, 2.75) is 53.0 Å². The van der Waals surface area contributed by atoms with Gasteiger partial charge >= 0.3 is 0 Å². The van der Waals surface area contributed by atoms with Crippen LogP contribution in [0.5, 0.6) is 0 Å². The van der Waals surface area contributed by atoms with Crippen molar-refractivity contribution in [1.29, 1.82) is 0 Å². The minimum absolute atomic E-state index is 0.708. The van der Waals surface area contributed by atoms with E-state index < -0.39 is 0 Å². The molecule has 1 saturated heterocycles. The molecule has 1 fully saturated rings. The van der Waals surface area contributed by atoms with Gasteiger partial charge in [0, 0.05) is 24.5 Å². The van der Waals surface area contributed by atoms with Gasteiger partial charge in [0.15, 0.2) is 5.13 Å². The van der Waals surface area contributed by atoms with Gasteiger partial charge in [0.05, 0.1) is 5.69 Å². The number of thiazole rings is 1. The first kappa shape index (κ1) is 14.8. The van der Waals surface area contributed by atoms with E-state index in [1.807, 2.05) is 11.3 Å². The van der Waals surface area contributed by atoms with Crippen molar-refractivity contribution in [3.63, 3.8) is 0 Å². The first-order valence-electron chi connectivity index (χ1n) is 7.65. The molecule has 19 heavy (non-hydrogen) atoms. The molecule has 0 bridgehead atoms. The van der Waals surface area contributed by atoms with Crippen LogP contribution in [0.15, 0.2) is 0 Å². The van der Waals surface area contributed by atoms with E-state index in [1.165, 1.54) is 48.1 Å². The molecule has 1 aromatic heterocycles. The summed E-state index contributed by atoms with van der Waals surface area (Å²) in [6, 6.07) is 0. The number of nitrogens with one attached hydrogen (secondary N) is 1. The van der Waals surface area contributed by atoms with Crippen LogP contribution in [0.1, 0.15) is 50.6 Å². The van der Waals surface area contributed by atoms with Gasteiger partial charge in [0.1, 0.15) is 0 Å². The number of aryl methyl sites for hydroxylation is 1. The standard InChI is InChI=1S/C15H27N3S/c1-4-13-14(11-16-10-12(2)3)19-15(17-13)18-8-6-5-7-9-18/h12,16H,4-11H2,1-3H3. The molecular formula is C15H27N3S. The Kier molecular flexibility index (Phi) is 5.64. The fourth-order valence-corrected chi connectivity index (χ4v) is 3.65. The Balaban J connectivity index is 1.99. The van der Waals surface area contributed by atoms with Crippen LogP contribution < -0.4 is 10.2 Å². The molecular weight excluding hydrogens is 254 g/mol. The molecule has 2 rings (SSSR count). The van der Waals surface area contributed by atoms with Crippen LogP contribution in [-0.2, 0) is 13.0 Å². The first-order chi connectivity index (χ1) is 9.20. The third kappa shape index (κ3) is 4.18. The van der Waals surface area contributed by atoms with E-state index in [1.54, 1.807) is 0 Å². The van der Waals surface area contributed by atoms with Crippen molar-refractivity contribution in [2.75, 3.05) is 24.5 Å². The molecule has 4 heteroatoms. The molecule has 108 valence electrons. The number of aromatic nitrogens is 1. The highest BCUT2D eigenvalue weighted by Gasteiger charge is 2.17. The van der Waals surface area contributed by atoms with Crippen LogP contribution in [0.2, 0.25) is 0 Å². The Bertz CT molecular complexity index is 381. The minimum atomic E-state index is 0.708. The lowest BCUT2D eigenvalue weighted by molar-refractivity contribution is 0.553. The number of anilines is 1. The minimum Gasteiger partial charge on any atom is -0.348 e. The van der Waals surface area contributed by atoms with E-state index in [4.69, 9.17) is 4.98 Å². The van der Waals surface area contributed by atoms with Crippen LogP contribution >= 0.6 is 11.3 Å². The topological polar surface area (TPSA) is 28.2 Å². The number of nitrogens with zero attached hydrogens (tertiary/aromatic N) is 2. The van der Waals surface area contributed by atoms with E-state index in [9.17, 15) is 0 Å². The summed E-state index contributed by atoms with van der Waals surface area (Å²) in [4.78, 5) is 8.76. The molecule has 1 N–H and O–H groups in total. The van der Waals surface area contributed by atoms with Gasteiger partial charge in [-0.2, -0.15) is 0 Å². The second kappa shape index (κ2) is 7.25. The predicted octanol–water partition coefficient (Wildman–Crippen LogP) is 3.44. The van der Waals surface area contributed by atoms with Gasteiger partial charge in [-0.05, 0) is 38.1 Å². The zero-order valence-corrected chi connectivity index (χ0v) is 13.4. The Hall–Kier alpha value is -0.610. The maximum Gasteiger partial charge on any atom is 0.185 e. The first-order valence-corrected chi connectivity index (χ1v) is 8.46. The molecule has 0 spiro atoms. The summed E-state index contributed by atoms with van der Waals surface area (Å²) >= 11 is 1.89. The zero-order chi connectivity index (χ0) is 13.7. The summed E-state index contributed by atoms with van der Waals surface area (Å²) in [7, 11) is 0. The monoisotopic (exact) mass is 281 g/mol. The average Bonchev–Trinajstić information content (AvgIpc) is 2.83. The molecule has 0 aliphatic carbocycles. The fourth-order valence-electron chi connectivity index (χ4n) is 2.48. The van der Waals surface area contributed by atoms with Gasteiger partial charge in [-0.1, -0.05) is 20.8 Å². The van der Waals surface area contributed by atoms with Crippen molar-refractivity contribution in [1.82, 2.24) is 10.3 Å². The number of hydrogen-bond acceptors (Lipinski definition) is 4. The number of rotatable bonds is 6. The Labute approximate surface area is 121 Å². The van der Waals surface area contributed by atoms with Crippen LogP contribution in [0.3, 0.4) is 0 Å². The molecule has 0 saturated carbocycles. The lowest BCUT2D eigenvalue weighted by atomic mass is 10.1. The summed E-state index contributed by atoms with van der Waals surface area (Å²) in [5.74, 6) is 0.708. The summed E-state index contributed by atoms with van der Waals surface area (Å²) in [5.41, 5.74) is 1.29. The van der Waals surface area contributed by atoms with Gasteiger partial charge in [0.2, 0.25) is 0 Å². The van der Waals surface area contributed by atoms with Crippen molar-refractivity contribution in [3.8, 4) is 0 Å². The molecule has 1 aromatic rings. The van der Waals surface area contributed by atoms with Crippen molar-refractivity contribution < 1.29 is 0 Å².